The van der Waals surface area contributed by atoms with E-state index in [0.717, 1.165) is 11.1 Å². The van der Waals surface area contributed by atoms with Crippen molar-refractivity contribution in [3.63, 3.8) is 0 Å². The van der Waals surface area contributed by atoms with Gasteiger partial charge in [0, 0.05) is 12.1 Å². The molecule has 7 heteroatoms. The molecule has 1 aliphatic rings. The predicted molar refractivity (Wildman–Crippen MR) is 93.0 cm³/mol. The monoisotopic (exact) mass is 360 g/mol. The summed E-state index contributed by atoms with van der Waals surface area (Å²) in [6.07, 6.45) is 0.159. The van der Waals surface area contributed by atoms with Gasteiger partial charge in [-0.25, -0.2) is 0 Å². The van der Waals surface area contributed by atoms with Gasteiger partial charge in [-0.1, -0.05) is 23.7 Å². The molecule has 0 bridgehead atoms. The highest BCUT2D eigenvalue weighted by Crippen LogP contribution is 2.38. The van der Waals surface area contributed by atoms with Crippen molar-refractivity contribution in [3.8, 4) is 11.5 Å². The van der Waals surface area contributed by atoms with Crippen LogP contribution in [0.5, 0.6) is 11.5 Å². The van der Waals surface area contributed by atoms with Crippen molar-refractivity contribution in [2.24, 2.45) is 5.73 Å². The lowest BCUT2D eigenvalue weighted by Crippen LogP contribution is -2.25. The summed E-state index contributed by atoms with van der Waals surface area (Å²) in [7, 11) is 0. The smallest absolute Gasteiger partial charge is 0.248 e. The van der Waals surface area contributed by atoms with Crippen molar-refractivity contribution in [1.29, 1.82) is 0 Å². The number of carbonyl (C=O) groups excluding carboxylic acids is 2. The number of hydrogen-bond acceptors (Lipinski definition) is 4. The molecular weight excluding hydrogens is 344 g/mol. The predicted octanol–water partition coefficient (Wildman–Crippen LogP) is 2.07. The Hall–Kier alpha value is -2.73. The van der Waals surface area contributed by atoms with E-state index < -0.39 is 5.91 Å². The Morgan fingerprint density at radius 2 is 1.92 bits per heavy atom. The summed E-state index contributed by atoms with van der Waals surface area (Å²) in [5, 5.41) is 3.23. The number of carbonyl (C=O) groups is 2. The first kappa shape index (κ1) is 17.1. The van der Waals surface area contributed by atoms with Crippen LogP contribution < -0.4 is 20.5 Å². The Morgan fingerprint density at radius 1 is 1.12 bits per heavy atom. The molecule has 0 aliphatic carbocycles. The van der Waals surface area contributed by atoms with E-state index in [1.807, 2.05) is 6.07 Å². The average Bonchev–Trinajstić information content (AvgIpc) is 2.60. The number of hydrogen-bond donors (Lipinski definition) is 2. The SMILES string of the molecule is NC(=O)c1cccc(CNC(=O)Cc2cc(Cl)c3c(c2)OCCO3)c1. The lowest BCUT2D eigenvalue weighted by molar-refractivity contribution is -0.120. The first-order valence-corrected chi connectivity index (χ1v) is 8.14. The third-order valence-corrected chi connectivity index (χ3v) is 4.00. The maximum Gasteiger partial charge on any atom is 0.248 e. The third-order valence-electron chi connectivity index (χ3n) is 3.72. The van der Waals surface area contributed by atoms with Gasteiger partial charge < -0.3 is 20.5 Å². The van der Waals surface area contributed by atoms with Crippen LogP contribution in [0.15, 0.2) is 36.4 Å². The normalized spacial score (nSPS) is 12.5. The Balaban J connectivity index is 1.62. The summed E-state index contributed by atoms with van der Waals surface area (Å²) in [4.78, 5) is 23.3. The highest BCUT2D eigenvalue weighted by atomic mass is 35.5. The van der Waals surface area contributed by atoms with Crippen molar-refractivity contribution < 1.29 is 19.1 Å². The Kier molecular flexibility index (Phi) is 5.09. The van der Waals surface area contributed by atoms with Crippen LogP contribution in [0.25, 0.3) is 0 Å². The van der Waals surface area contributed by atoms with Gasteiger partial charge in [0.2, 0.25) is 11.8 Å². The molecule has 0 spiro atoms. The zero-order chi connectivity index (χ0) is 17.8. The van der Waals surface area contributed by atoms with Crippen LogP contribution >= 0.6 is 11.6 Å². The molecule has 25 heavy (non-hydrogen) atoms. The summed E-state index contributed by atoms with van der Waals surface area (Å²) >= 11 is 6.17. The Bertz CT molecular complexity index is 823. The van der Waals surface area contributed by atoms with E-state index in [9.17, 15) is 9.59 Å². The highest BCUT2D eigenvalue weighted by molar-refractivity contribution is 6.32. The van der Waals surface area contributed by atoms with Gasteiger partial charge in [0.05, 0.1) is 11.4 Å². The zero-order valence-electron chi connectivity index (χ0n) is 13.4. The number of nitrogens with two attached hydrogens (primary N) is 1. The average molecular weight is 361 g/mol. The topological polar surface area (TPSA) is 90.7 Å². The first-order valence-electron chi connectivity index (χ1n) is 7.76. The lowest BCUT2D eigenvalue weighted by atomic mass is 10.1. The van der Waals surface area contributed by atoms with Gasteiger partial charge in [-0.15, -0.1) is 0 Å². The highest BCUT2D eigenvalue weighted by Gasteiger charge is 2.17. The minimum absolute atomic E-state index is 0.159. The number of ether oxygens (including phenoxy) is 2. The van der Waals surface area contributed by atoms with Crippen LogP contribution in [0.3, 0.4) is 0 Å². The number of amides is 2. The van der Waals surface area contributed by atoms with Gasteiger partial charge in [0.1, 0.15) is 13.2 Å². The van der Waals surface area contributed by atoms with Crippen LogP contribution in [0.1, 0.15) is 21.5 Å². The van der Waals surface area contributed by atoms with Crippen LogP contribution in [0.2, 0.25) is 5.02 Å². The molecule has 6 nitrogen and oxygen atoms in total. The number of nitrogens with one attached hydrogen (secondary N) is 1. The van der Waals surface area contributed by atoms with Gasteiger partial charge in [-0.05, 0) is 35.4 Å². The van der Waals surface area contributed by atoms with Gasteiger partial charge in [-0.3, -0.25) is 9.59 Å². The summed E-state index contributed by atoms with van der Waals surface area (Å²) in [5.41, 5.74) is 7.19. The molecule has 0 saturated carbocycles. The molecular formula is C18H17ClN2O4. The first-order chi connectivity index (χ1) is 12.0. The van der Waals surface area contributed by atoms with E-state index in [4.69, 9.17) is 26.8 Å². The number of rotatable bonds is 5. The molecule has 1 heterocycles. The number of fused-ring (bicyclic) bond motifs is 1. The van der Waals surface area contributed by atoms with E-state index in [1.54, 1.807) is 30.3 Å². The molecule has 0 unspecified atom stereocenters. The van der Waals surface area contributed by atoms with E-state index >= 15 is 0 Å². The number of primary amides is 1. The maximum atomic E-state index is 12.2. The van der Waals surface area contributed by atoms with Gasteiger partial charge in [0.25, 0.3) is 0 Å². The zero-order valence-corrected chi connectivity index (χ0v) is 14.1. The summed E-state index contributed by atoms with van der Waals surface area (Å²) in [6, 6.07) is 10.3. The summed E-state index contributed by atoms with van der Waals surface area (Å²) in [6.45, 7) is 1.21. The molecule has 3 rings (SSSR count). The van der Waals surface area contributed by atoms with Crippen molar-refractivity contribution in [3.05, 3.63) is 58.1 Å². The van der Waals surface area contributed by atoms with E-state index in [-0.39, 0.29) is 12.3 Å². The second kappa shape index (κ2) is 7.44. The van der Waals surface area contributed by atoms with Gasteiger partial charge in [0.15, 0.2) is 11.5 Å². The van der Waals surface area contributed by atoms with Crippen molar-refractivity contribution in [2.75, 3.05) is 13.2 Å². The molecule has 0 atom stereocenters. The Morgan fingerprint density at radius 3 is 2.72 bits per heavy atom. The quantitative estimate of drug-likeness (QED) is 0.854. The maximum absolute atomic E-state index is 12.2. The molecule has 2 amide bonds. The fraction of sp³-hybridized carbons (Fsp3) is 0.222. The number of benzene rings is 2. The molecule has 2 aromatic rings. The molecule has 0 aromatic heterocycles. The second-order valence-electron chi connectivity index (χ2n) is 5.62. The van der Waals surface area contributed by atoms with Crippen molar-refractivity contribution in [1.82, 2.24) is 5.32 Å². The summed E-state index contributed by atoms with van der Waals surface area (Å²) in [5.74, 6) is 0.396. The molecule has 130 valence electrons. The van der Waals surface area contributed by atoms with E-state index in [2.05, 4.69) is 5.32 Å². The largest absolute Gasteiger partial charge is 0.486 e. The fourth-order valence-electron chi connectivity index (χ4n) is 2.55. The molecule has 0 radical (unpaired) electrons. The molecule has 2 aromatic carbocycles. The van der Waals surface area contributed by atoms with Crippen molar-refractivity contribution in [2.45, 2.75) is 13.0 Å². The lowest BCUT2D eigenvalue weighted by Gasteiger charge is -2.20. The third kappa shape index (κ3) is 4.22. The Labute approximate surface area is 149 Å². The second-order valence-corrected chi connectivity index (χ2v) is 6.03. The minimum Gasteiger partial charge on any atom is -0.486 e. The standard InChI is InChI=1S/C18H17ClN2O4/c19-14-7-12(8-15-17(14)25-5-4-24-15)9-16(22)21-10-11-2-1-3-13(6-11)18(20)23/h1-3,6-8H,4-5,9-10H2,(H2,20,23)(H,21,22). The number of halogens is 1. The fourth-order valence-corrected chi connectivity index (χ4v) is 2.84. The van der Waals surface area contributed by atoms with Crippen LogP contribution in [0, 0.1) is 0 Å². The molecule has 3 N–H and O–H groups in total. The molecule has 0 fully saturated rings. The minimum atomic E-state index is -0.501. The van der Waals surface area contributed by atoms with E-state index in [0.29, 0.717) is 41.8 Å². The van der Waals surface area contributed by atoms with Crippen molar-refractivity contribution >= 4 is 23.4 Å². The summed E-state index contributed by atoms with van der Waals surface area (Å²) < 4.78 is 11.0. The van der Waals surface area contributed by atoms with Crippen LogP contribution in [0.4, 0.5) is 0 Å². The van der Waals surface area contributed by atoms with E-state index in [1.165, 1.54) is 0 Å². The molecule has 1 aliphatic heterocycles. The van der Waals surface area contributed by atoms with Crippen LogP contribution in [-0.2, 0) is 17.8 Å². The van der Waals surface area contributed by atoms with Crippen LogP contribution in [-0.4, -0.2) is 25.0 Å². The molecule has 0 saturated heterocycles. The van der Waals surface area contributed by atoms with Gasteiger partial charge >= 0.3 is 0 Å². The van der Waals surface area contributed by atoms with Gasteiger partial charge in [-0.2, -0.15) is 0 Å².